The van der Waals surface area contributed by atoms with Crippen LogP contribution in [-0.2, 0) is 0 Å². The summed E-state index contributed by atoms with van der Waals surface area (Å²) in [6.07, 6.45) is 11.0. The highest BCUT2D eigenvalue weighted by molar-refractivity contribution is 5.07. The third kappa shape index (κ3) is 1.84. The Morgan fingerprint density at radius 1 is 1.25 bits per heavy atom. The molecule has 0 radical (unpaired) electrons. The molecule has 1 heterocycles. The standard InChI is InChI=1S/C13H18N2O/c16-13(12-6-14-8-15-7-12)5-11-4-9-1-2-10(11)3-9/h6-11,13,16H,1-5H2. The van der Waals surface area contributed by atoms with E-state index in [4.69, 9.17) is 0 Å². The lowest BCUT2D eigenvalue weighted by molar-refractivity contribution is 0.125. The summed E-state index contributed by atoms with van der Waals surface area (Å²) in [6, 6.07) is 0. The maximum absolute atomic E-state index is 10.1. The summed E-state index contributed by atoms with van der Waals surface area (Å²) in [5, 5.41) is 10.1. The third-order valence-corrected chi connectivity index (χ3v) is 4.38. The highest BCUT2D eigenvalue weighted by atomic mass is 16.3. The fourth-order valence-corrected chi connectivity index (χ4v) is 3.57. The molecule has 2 aliphatic carbocycles. The molecule has 2 saturated carbocycles. The van der Waals surface area contributed by atoms with Gasteiger partial charge in [-0.3, -0.25) is 0 Å². The molecule has 4 atom stereocenters. The number of aliphatic hydroxyl groups is 1. The lowest BCUT2D eigenvalue weighted by Gasteiger charge is -2.23. The average Bonchev–Trinajstić information content (AvgIpc) is 2.92. The molecule has 0 aromatic carbocycles. The molecule has 2 fully saturated rings. The Morgan fingerprint density at radius 3 is 2.69 bits per heavy atom. The highest BCUT2D eigenvalue weighted by Crippen LogP contribution is 2.50. The fourth-order valence-electron chi connectivity index (χ4n) is 3.57. The van der Waals surface area contributed by atoms with Crippen molar-refractivity contribution in [3.05, 3.63) is 24.3 Å². The molecule has 2 bridgehead atoms. The molecule has 0 amide bonds. The van der Waals surface area contributed by atoms with Crippen LogP contribution in [0.25, 0.3) is 0 Å². The van der Waals surface area contributed by atoms with E-state index in [0.29, 0.717) is 0 Å². The van der Waals surface area contributed by atoms with E-state index in [-0.39, 0.29) is 6.10 Å². The molecule has 2 aliphatic rings. The number of aliphatic hydroxyl groups excluding tert-OH is 1. The predicted octanol–water partition coefficient (Wildman–Crippen LogP) is 2.34. The molecule has 3 nitrogen and oxygen atoms in total. The fraction of sp³-hybridized carbons (Fsp3) is 0.692. The summed E-state index contributed by atoms with van der Waals surface area (Å²) in [6.45, 7) is 0. The van der Waals surface area contributed by atoms with Crippen molar-refractivity contribution >= 4 is 0 Å². The van der Waals surface area contributed by atoms with Crippen LogP contribution in [0.2, 0.25) is 0 Å². The van der Waals surface area contributed by atoms with Crippen molar-refractivity contribution in [2.75, 3.05) is 0 Å². The van der Waals surface area contributed by atoms with Gasteiger partial charge >= 0.3 is 0 Å². The molecule has 1 aromatic heterocycles. The van der Waals surface area contributed by atoms with Crippen molar-refractivity contribution in [1.29, 1.82) is 0 Å². The van der Waals surface area contributed by atoms with E-state index in [9.17, 15) is 5.11 Å². The maximum atomic E-state index is 10.1. The molecule has 1 N–H and O–H groups in total. The molecule has 16 heavy (non-hydrogen) atoms. The minimum absolute atomic E-state index is 0.370. The first-order chi connectivity index (χ1) is 7.83. The Labute approximate surface area is 95.9 Å². The summed E-state index contributed by atoms with van der Waals surface area (Å²) in [4.78, 5) is 7.91. The van der Waals surface area contributed by atoms with E-state index in [1.54, 1.807) is 12.4 Å². The van der Waals surface area contributed by atoms with Crippen molar-refractivity contribution < 1.29 is 5.11 Å². The minimum Gasteiger partial charge on any atom is -0.388 e. The van der Waals surface area contributed by atoms with Gasteiger partial charge in [-0.05, 0) is 43.4 Å². The predicted molar refractivity (Wildman–Crippen MR) is 60.5 cm³/mol. The van der Waals surface area contributed by atoms with E-state index in [0.717, 1.165) is 29.7 Å². The largest absolute Gasteiger partial charge is 0.388 e. The third-order valence-electron chi connectivity index (χ3n) is 4.38. The normalized spacial score (nSPS) is 34.2. The monoisotopic (exact) mass is 218 g/mol. The zero-order chi connectivity index (χ0) is 11.0. The zero-order valence-electron chi connectivity index (χ0n) is 9.42. The van der Waals surface area contributed by atoms with Crippen LogP contribution < -0.4 is 0 Å². The second-order valence-corrected chi connectivity index (χ2v) is 5.36. The van der Waals surface area contributed by atoms with Crippen LogP contribution in [0.4, 0.5) is 0 Å². The number of hydrogen-bond donors (Lipinski definition) is 1. The number of aromatic nitrogens is 2. The first-order valence-corrected chi connectivity index (χ1v) is 6.26. The van der Waals surface area contributed by atoms with Gasteiger partial charge in [-0.2, -0.15) is 0 Å². The van der Waals surface area contributed by atoms with Gasteiger partial charge < -0.3 is 5.11 Å². The van der Waals surface area contributed by atoms with E-state index >= 15 is 0 Å². The number of nitrogens with zero attached hydrogens (tertiary/aromatic N) is 2. The van der Waals surface area contributed by atoms with Crippen LogP contribution in [0, 0.1) is 17.8 Å². The Hall–Kier alpha value is -0.960. The molecule has 0 saturated heterocycles. The van der Waals surface area contributed by atoms with Gasteiger partial charge in [0.1, 0.15) is 6.33 Å². The van der Waals surface area contributed by atoms with Gasteiger partial charge in [-0.1, -0.05) is 6.42 Å². The van der Waals surface area contributed by atoms with Gasteiger partial charge in [-0.25, -0.2) is 9.97 Å². The summed E-state index contributed by atoms with van der Waals surface area (Å²) in [5.41, 5.74) is 0.866. The zero-order valence-corrected chi connectivity index (χ0v) is 9.42. The van der Waals surface area contributed by atoms with Crippen molar-refractivity contribution in [1.82, 2.24) is 9.97 Å². The molecule has 3 rings (SSSR count). The van der Waals surface area contributed by atoms with Gasteiger partial charge in [0, 0.05) is 18.0 Å². The van der Waals surface area contributed by atoms with Crippen LogP contribution >= 0.6 is 0 Å². The van der Waals surface area contributed by atoms with Gasteiger partial charge in [0.25, 0.3) is 0 Å². The Balaban J connectivity index is 1.63. The molecule has 1 aromatic rings. The van der Waals surface area contributed by atoms with Gasteiger partial charge in [0.05, 0.1) is 6.10 Å². The van der Waals surface area contributed by atoms with Gasteiger partial charge in [0.2, 0.25) is 0 Å². The van der Waals surface area contributed by atoms with Crippen LogP contribution in [0.1, 0.15) is 43.8 Å². The Morgan fingerprint density at radius 2 is 2.06 bits per heavy atom. The quantitative estimate of drug-likeness (QED) is 0.847. The molecule has 3 heteroatoms. The lowest BCUT2D eigenvalue weighted by atomic mass is 9.84. The SMILES string of the molecule is OC(CC1CC2CCC1C2)c1cncnc1. The molecule has 0 spiro atoms. The van der Waals surface area contributed by atoms with Crippen molar-refractivity contribution in [2.45, 2.75) is 38.2 Å². The van der Waals surface area contributed by atoms with Crippen LogP contribution in [0.3, 0.4) is 0 Å². The van der Waals surface area contributed by atoms with Crippen LogP contribution in [-0.4, -0.2) is 15.1 Å². The number of fused-ring (bicyclic) bond motifs is 2. The van der Waals surface area contributed by atoms with E-state index in [2.05, 4.69) is 9.97 Å². The van der Waals surface area contributed by atoms with E-state index in [1.165, 1.54) is 32.0 Å². The van der Waals surface area contributed by atoms with E-state index in [1.807, 2.05) is 0 Å². The Bertz CT molecular complexity index is 354. The van der Waals surface area contributed by atoms with Crippen molar-refractivity contribution in [3.8, 4) is 0 Å². The maximum Gasteiger partial charge on any atom is 0.115 e. The smallest absolute Gasteiger partial charge is 0.115 e. The molecular weight excluding hydrogens is 200 g/mol. The first-order valence-electron chi connectivity index (χ1n) is 6.26. The topological polar surface area (TPSA) is 46.0 Å². The second-order valence-electron chi connectivity index (χ2n) is 5.36. The number of hydrogen-bond acceptors (Lipinski definition) is 3. The summed E-state index contributed by atoms with van der Waals surface area (Å²) in [5.74, 6) is 2.56. The first kappa shape index (κ1) is 10.2. The lowest BCUT2D eigenvalue weighted by Crippen LogP contribution is -2.14. The van der Waals surface area contributed by atoms with Crippen LogP contribution in [0.5, 0.6) is 0 Å². The molecule has 86 valence electrons. The molecule has 4 unspecified atom stereocenters. The van der Waals surface area contributed by atoms with Gasteiger partial charge in [0.15, 0.2) is 0 Å². The van der Waals surface area contributed by atoms with Crippen molar-refractivity contribution in [2.24, 2.45) is 17.8 Å². The van der Waals surface area contributed by atoms with Crippen LogP contribution in [0.15, 0.2) is 18.7 Å². The summed E-state index contributed by atoms with van der Waals surface area (Å²) in [7, 11) is 0. The summed E-state index contributed by atoms with van der Waals surface area (Å²) >= 11 is 0. The second kappa shape index (κ2) is 4.13. The molecular formula is C13H18N2O. The Kier molecular flexibility index (Phi) is 2.64. The molecule has 0 aliphatic heterocycles. The average molecular weight is 218 g/mol. The summed E-state index contributed by atoms with van der Waals surface area (Å²) < 4.78 is 0. The van der Waals surface area contributed by atoms with Gasteiger partial charge in [-0.15, -0.1) is 0 Å². The number of rotatable bonds is 3. The van der Waals surface area contributed by atoms with Crippen molar-refractivity contribution in [3.63, 3.8) is 0 Å². The van der Waals surface area contributed by atoms with E-state index < -0.39 is 0 Å². The highest BCUT2D eigenvalue weighted by Gasteiger charge is 2.40. The minimum atomic E-state index is -0.370.